The molecule has 0 saturated carbocycles. The standard InChI is InChI=1S/C14H24N2O5/c1-13(2,3)20-12(19)16-7-5-14(10-16)4-6-15(8-9-17)11(18)21-14/h17H,4-10H2,1-3H3. The van der Waals surface area contributed by atoms with Gasteiger partial charge in [-0.2, -0.15) is 0 Å². The van der Waals surface area contributed by atoms with Crippen molar-refractivity contribution in [3.05, 3.63) is 0 Å². The number of hydrogen-bond acceptors (Lipinski definition) is 5. The van der Waals surface area contributed by atoms with Gasteiger partial charge in [-0.25, -0.2) is 9.59 Å². The first kappa shape index (κ1) is 15.9. The second-order valence-electron chi connectivity index (χ2n) is 6.66. The SMILES string of the molecule is CC(C)(C)OC(=O)N1CCC2(CCN(CCO)C(=O)O2)C1. The van der Waals surface area contributed by atoms with Gasteiger partial charge in [0.05, 0.1) is 13.2 Å². The van der Waals surface area contributed by atoms with Crippen molar-refractivity contribution in [2.24, 2.45) is 0 Å². The van der Waals surface area contributed by atoms with E-state index in [4.69, 9.17) is 14.6 Å². The highest BCUT2D eigenvalue weighted by Crippen LogP contribution is 2.33. The summed E-state index contributed by atoms with van der Waals surface area (Å²) in [4.78, 5) is 27.0. The number of rotatable bonds is 2. The van der Waals surface area contributed by atoms with Crippen LogP contribution in [-0.4, -0.2) is 71.1 Å². The molecule has 2 saturated heterocycles. The first-order valence-electron chi connectivity index (χ1n) is 7.31. The summed E-state index contributed by atoms with van der Waals surface area (Å²) in [5.41, 5.74) is -1.13. The third-order valence-electron chi connectivity index (χ3n) is 3.74. The van der Waals surface area contributed by atoms with E-state index >= 15 is 0 Å². The second kappa shape index (κ2) is 5.71. The fourth-order valence-electron chi connectivity index (χ4n) is 2.67. The summed E-state index contributed by atoms with van der Waals surface area (Å²) in [5.74, 6) is 0. The average Bonchev–Trinajstić information content (AvgIpc) is 2.75. The molecule has 0 aromatic carbocycles. The Labute approximate surface area is 124 Å². The van der Waals surface area contributed by atoms with Gasteiger partial charge in [0.15, 0.2) is 0 Å². The Kier molecular flexibility index (Phi) is 4.32. The fraction of sp³-hybridized carbons (Fsp3) is 0.857. The van der Waals surface area contributed by atoms with E-state index in [9.17, 15) is 9.59 Å². The summed E-state index contributed by atoms with van der Waals surface area (Å²) in [7, 11) is 0. The van der Waals surface area contributed by atoms with E-state index in [2.05, 4.69) is 0 Å². The van der Waals surface area contributed by atoms with E-state index in [1.165, 1.54) is 4.90 Å². The molecule has 0 radical (unpaired) electrons. The zero-order valence-electron chi connectivity index (χ0n) is 12.9. The Morgan fingerprint density at radius 3 is 2.62 bits per heavy atom. The lowest BCUT2D eigenvalue weighted by atomic mass is 9.97. The zero-order chi connectivity index (χ0) is 15.7. The molecule has 1 spiro atoms. The average molecular weight is 300 g/mol. The molecule has 0 aromatic rings. The summed E-state index contributed by atoms with van der Waals surface area (Å²) in [5, 5.41) is 8.90. The Bertz CT molecular complexity index is 420. The van der Waals surface area contributed by atoms with Crippen LogP contribution in [0.4, 0.5) is 9.59 Å². The minimum atomic E-state index is -0.597. The molecule has 120 valence electrons. The number of carbonyl (C=O) groups is 2. The van der Waals surface area contributed by atoms with E-state index in [-0.39, 0.29) is 19.2 Å². The third-order valence-corrected chi connectivity index (χ3v) is 3.74. The van der Waals surface area contributed by atoms with E-state index in [0.29, 0.717) is 32.5 Å². The second-order valence-corrected chi connectivity index (χ2v) is 6.66. The number of likely N-dealkylation sites (tertiary alicyclic amines) is 1. The van der Waals surface area contributed by atoms with Crippen LogP contribution in [0.2, 0.25) is 0 Å². The summed E-state index contributed by atoms with van der Waals surface area (Å²) >= 11 is 0. The van der Waals surface area contributed by atoms with Crippen molar-refractivity contribution in [2.75, 3.05) is 32.8 Å². The number of carbonyl (C=O) groups excluding carboxylic acids is 2. The fourth-order valence-corrected chi connectivity index (χ4v) is 2.67. The Morgan fingerprint density at radius 2 is 2.05 bits per heavy atom. The van der Waals surface area contributed by atoms with Crippen molar-refractivity contribution >= 4 is 12.2 Å². The number of aliphatic hydroxyl groups excluding tert-OH is 1. The maximum atomic E-state index is 12.1. The van der Waals surface area contributed by atoms with E-state index in [1.54, 1.807) is 4.90 Å². The monoisotopic (exact) mass is 300 g/mol. The maximum absolute atomic E-state index is 12.1. The molecular formula is C14H24N2O5. The third kappa shape index (κ3) is 3.78. The molecule has 0 aromatic heterocycles. The molecule has 1 unspecified atom stereocenters. The van der Waals surface area contributed by atoms with Crippen LogP contribution in [0, 0.1) is 0 Å². The van der Waals surface area contributed by atoms with Gasteiger partial charge in [-0.3, -0.25) is 0 Å². The van der Waals surface area contributed by atoms with Crippen LogP contribution < -0.4 is 0 Å². The molecule has 2 aliphatic rings. The first-order chi connectivity index (χ1) is 9.75. The van der Waals surface area contributed by atoms with Crippen LogP contribution in [0.3, 0.4) is 0 Å². The van der Waals surface area contributed by atoms with Crippen LogP contribution in [0.15, 0.2) is 0 Å². The predicted molar refractivity (Wildman–Crippen MR) is 74.9 cm³/mol. The summed E-state index contributed by atoms with van der Waals surface area (Å²) in [6.07, 6.45) is 0.512. The predicted octanol–water partition coefficient (Wildman–Crippen LogP) is 1.20. The molecule has 0 aliphatic carbocycles. The molecule has 7 nitrogen and oxygen atoms in total. The minimum Gasteiger partial charge on any atom is -0.444 e. The number of amides is 2. The van der Waals surface area contributed by atoms with Gasteiger partial charge < -0.3 is 24.4 Å². The lowest BCUT2D eigenvalue weighted by molar-refractivity contribution is -0.0455. The van der Waals surface area contributed by atoms with Crippen LogP contribution in [0.25, 0.3) is 0 Å². The number of hydrogen-bond donors (Lipinski definition) is 1. The van der Waals surface area contributed by atoms with E-state index in [1.807, 2.05) is 20.8 Å². The molecule has 2 aliphatic heterocycles. The first-order valence-corrected chi connectivity index (χ1v) is 7.31. The lowest BCUT2D eigenvalue weighted by Crippen LogP contribution is -2.52. The molecule has 21 heavy (non-hydrogen) atoms. The number of β-amino-alcohol motifs (C(OH)–C–C–N with tert-alkyl or cyclic N) is 1. The van der Waals surface area contributed by atoms with Crippen molar-refractivity contribution < 1.29 is 24.2 Å². The largest absolute Gasteiger partial charge is 0.444 e. The van der Waals surface area contributed by atoms with Gasteiger partial charge in [-0.05, 0) is 20.8 Å². The molecule has 2 heterocycles. The molecule has 2 fully saturated rings. The van der Waals surface area contributed by atoms with Crippen molar-refractivity contribution in [3.63, 3.8) is 0 Å². The Morgan fingerprint density at radius 1 is 1.38 bits per heavy atom. The summed E-state index contributed by atoms with van der Waals surface area (Å²) < 4.78 is 10.9. The quantitative estimate of drug-likeness (QED) is 0.829. The molecule has 7 heteroatoms. The molecule has 0 bridgehead atoms. The normalized spacial score (nSPS) is 26.2. The van der Waals surface area contributed by atoms with Gasteiger partial charge in [-0.15, -0.1) is 0 Å². The van der Waals surface area contributed by atoms with Crippen LogP contribution in [0.5, 0.6) is 0 Å². The smallest absolute Gasteiger partial charge is 0.410 e. The van der Waals surface area contributed by atoms with Crippen molar-refractivity contribution in [2.45, 2.75) is 44.8 Å². The van der Waals surface area contributed by atoms with Gasteiger partial charge >= 0.3 is 12.2 Å². The number of nitrogens with zero attached hydrogens (tertiary/aromatic N) is 2. The highest BCUT2D eigenvalue weighted by Gasteiger charge is 2.47. The van der Waals surface area contributed by atoms with Gasteiger partial charge in [0, 0.05) is 32.5 Å². The van der Waals surface area contributed by atoms with E-state index in [0.717, 1.165) is 0 Å². The zero-order valence-corrected chi connectivity index (χ0v) is 12.9. The maximum Gasteiger partial charge on any atom is 0.410 e. The van der Waals surface area contributed by atoms with Gasteiger partial charge in [0.2, 0.25) is 0 Å². The molecule has 1 atom stereocenters. The highest BCUT2D eigenvalue weighted by atomic mass is 16.6. The molecule has 2 rings (SSSR count). The summed E-state index contributed by atoms with van der Waals surface area (Å²) in [6.45, 7) is 7.12. The molecular weight excluding hydrogens is 276 g/mol. The van der Waals surface area contributed by atoms with Crippen molar-refractivity contribution in [1.29, 1.82) is 0 Å². The number of ether oxygens (including phenoxy) is 2. The minimum absolute atomic E-state index is 0.0772. The van der Waals surface area contributed by atoms with Gasteiger partial charge in [0.1, 0.15) is 11.2 Å². The van der Waals surface area contributed by atoms with Gasteiger partial charge in [0.25, 0.3) is 0 Å². The highest BCUT2D eigenvalue weighted by molar-refractivity contribution is 5.71. The summed E-state index contributed by atoms with van der Waals surface area (Å²) in [6, 6.07) is 0. The lowest BCUT2D eigenvalue weighted by Gasteiger charge is -2.38. The van der Waals surface area contributed by atoms with Crippen molar-refractivity contribution in [3.8, 4) is 0 Å². The van der Waals surface area contributed by atoms with Crippen LogP contribution in [0.1, 0.15) is 33.6 Å². The van der Waals surface area contributed by atoms with E-state index < -0.39 is 17.3 Å². The topological polar surface area (TPSA) is 79.3 Å². The molecule has 1 N–H and O–H groups in total. The van der Waals surface area contributed by atoms with Crippen molar-refractivity contribution in [1.82, 2.24) is 9.80 Å². The Balaban J connectivity index is 1.93. The van der Waals surface area contributed by atoms with Gasteiger partial charge in [-0.1, -0.05) is 0 Å². The number of aliphatic hydroxyl groups is 1. The Hall–Kier alpha value is -1.50. The van der Waals surface area contributed by atoms with Crippen LogP contribution in [-0.2, 0) is 9.47 Å². The molecule has 2 amide bonds. The van der Waals surface area contributed by atoms with Crippen LogP contribution >= 0.6 is 0 Å².